The summed E-state index contributed by atoms with van der Waals surface area (Å²) in [6, 6.07) is 6.32. The van der Waals surface area contributed by atoms with Gasteiger partial charge in [-0.3, -0.25) is 14.4 Å². The highest BCUT2D eigenvalue weighted by atomic mass is 32.2. The van der Waals surface area contributed by atoms with E-state index in [0.29, 0.717) is 17.0 Å². The number of carbonyl (C=O) groups is 3. The van der Waals surface area contributed by atoms with E-state index in [1.165, 1.54) is 18.9 Å². The van der Waals surface area contributed by atoms with E-state index < -0.39 is 11.3 Å². The van der Waals surface area contributed by atoms with Crippen LogP contribution in [0.2, 0.25) is 0 Å². The molecule has 6 nitrogen and oxygen atoms in total. The van der Waals surface area contributed by atoms with Gasteiger partial charge in [-0.1, -0.05) is 19.1 Å². The van der Waals surface area contributed by atoms with E-state index in [9.17, 15) is 14.4 Å². The van der Waals surface area contributed by atoms with E-state index in [0.717, 1.165) is 6.42 Å². The second-order valence-corrected chi connectivity index (χ2v) is 6.65. The van der Waals surface area contributed by atoms with Crippen molar-refractivity contribution in [3.05, 3.63) is 29.8 Å². The minimum absolute atomic E-state index is 0.224. The lowest BCUT2D eigenvalue weighted by molar-refractivity contribution is -0.139. The van der Waals surface area contributed by atoms with Crippen LogP contribution in [0.15, 0.2) is 29.2 Å². The Kier molecular flexibility index (Phi) is 8.32. The Morgan fingerprint density at radius 3 is 2.50 bits per heavy atom. The van der Waals surface area contributed by atoms with Gasteiger partial charge in [-0.2, -0.15) is 0 Å². The number of esters is 1. The number of thioether (sulfide) groups is 1. The molecule has 0 fully saturated rings. The standard InChI is InChI=1S/C17H24N2O4S/c1-5-10-18-15(20)11(2)19-16(21)13-8-6-7-9-14(13)24-12(3)17(22)23-4/h6-9,11-12H,5,10H2,1-4H3,(H,18,20)(H,19,21)/t11-,12-/m1/s1. The zero-order valence-corrected chi connectivity index (χ0v) is 15.2. The van der Waals surface area contributed by atoms with Crippen LogP contribution < -0.4 is 10.6 Å². The summed E-state index contributed by atoms with van der Waals surface area (Å²) in [7, 11) is 1.33. The van der Waals surface area contributed by atoms with Gasteiger partial charge in [0, 0.05) is 11.4 Å². The van der Waals surface area contributed by atoms with Crippen LogP contribution in [0.3, 0.4) is 0 Å². The largest absolute Gasteiger partial charge is 0.468 e. The summed E-state index contributed by atoms with van der Waals surface area (Å²) in [5, 5.41) is 4.98. The number of hydrogen-bond donors (Lipinski definition) is 2. The van der Waals surface area contributed by atoms with Crippen molar-refractivity contribution in [1.29, 1.82) is 0 Å². The molecule has 0 unspecified atom stereocenters. The molecule has 0 aromatic heterocycles. The number of methoxy groups -OCH3 is 1. The average Bonchev–Trinajstić information content (AvgIpc) is 2.58. The molecular weight excluding hydrogens is 328 g/mol. The Morgan fingerprint density at radius 2 is 1.88 bits per heavy atom. The molecule has 24 heavy (non-hydrogen) atoms. The molecule has 1 aromatic carbocycles. The molecule has 0 saturated carbocycles. The van der Waals surface area contributed by atoms with E-state index >= 15 is 0 Å². The average molecular weight is 352 g/mol. The van der Waals surface area contributed by atoms with Gasteiger partial charge in [0.1, 0.15) is 11.3 Å². The monoisotopic (exact) mass is 352 g/mol. The molecule has 1 rings (SSSR count). The Hall–Kier alpha value is -2.02. The van der Waals surface area contributed by atoms with Crippen LogP contribution >= 0.6 is 11.8 Å². The Bertz CT molecular complexity index is 592. The summed E-state index contributed by atoms with van der Waals surface area (Å²) >= 11 is 1.24. The number of amides is 2. The maximum atomic E-state index is 12.5. The predicted octanol–water partition coefficient (Wildman–Crippen LogP) is 1.98. The molecule has 2 atom stereocenters. The van der Waals surface area contributed by atoms with Crippen molar-refractivity contribution >= 4 is 29.5 Å². The van der Waals surface area contributed by atoms with Crippen molar-refractivity contribution < 1.29 is 19.1 Å². The molecular formula is C17H24N2O4S. The summed E-state index contributed by atoms with van der Waals surface area (Å²) < 4.78 is 4.70. The maximum Gasteiger partial charge on any atom is 0.318 e. The Morgan fingerprint density at radius 1 is 1.21 bits per heavy atom. The van der Waals surface area contributed by atoms with Gasteiger partial charge >= 0.3 is 5.97 Å². The third-order valence-corrected chi connectivity index (χ3v) is 4.41. The topological polar surface area (TPSA) is 84.5 Å². The fraction of sp³-hybridized carbons (Fsp3) is 0.471. The minimum Gasteiger partial charge on any atom is -0.468 e. The van der Waals surface area contributed by atoms with Gasteiger partial charge in [0.25, 0.3) is 5.91 Å². The molecule has 7 heteroatoms. The van der Waals surface area contributed by atoms with Crippen LogP contribution in [-0.4, -0.2) is 42.7 Å². The molecule has 0 heterocycles. The number of hydrogen-bond acceptors (Lipinski definition) is 5. The summed E-state index contributed by atoms with van der Waals surface area (Å²) in [6.45, 7) is 5.88. The maximum absolute atomic E-state index is 12.5. The smallest absolute Gasteiger partial charge is 0.318 e. The van der Waals surface area contributed by atoms with Crippen molar-refractivity contribution in [2.75, 3.05) is 13.7 Å². The second kappa shape index (κ2) is 9.97. The van der Waals surface area contributed by atoms with Crippen LogP contribution in [0, 0.1) is 0 Å². The van der Waals surface area contributed by atoms with Gasteiger partial charge in [-0.25, -0.2) is 0 Å². The predicted molar refractivity (Wildman–Crippen MR) is 94.0 cm³/mol. The van der Waals surface area contributed by atoms with Crippen LogP contribution in [0.5, 0.6) is 0 Å². The number of carbonyl (C=O) groups excluding carboxylic acids is 3. The molecule has 0 aliphatic rings. The van der Waals surface area contributed by atoms with Crippen molar-refractivity contribution in [3.8, 4) is 0 Å². The first-order chi connectivity index (χ1) is 11.4. The summed E-state index contributed by atoms with van der Waals surface area (Å²) in [5.74, 6) is -0.935. The number of rotatable bonds is 8. The number of benzene rings is 1. The van der Waals surface area contributed by atoms with Gasteiger partial charge in [0.05, 0.1) is 12.7 Å². The summed E-state index contributed by atoms with van der Waals surface area (Å²) in [4.78, 5) is 36.6. The Balaban J connectivity index is 2.80. The van der Waals surface area contributed by atoms with Gasteiger partial charge < -0.3 is 15.4 Å². The van der Waals surface area contributed by atoms with Gasteiger partial charge in [-0.15, -0.1) is 11.8 Å². The van der Waals surface area contributed by atoms with Gasteiger partial charge in [0.15, 0.2) is 0 Å². The van der Waals surface area contributed by atoms with Gasteiger partial charge in [-0.05, 0) is 32.4 Å². The first-order valence-electron chi connectivity index (χ1n) is 7.82. The highest BCUT2D eigenvalue weighted by Crippen LogP contribution is 2.27. The molecule has 2 amide bonds. The third kappa shape index (κ3) is 5.88. The molecule has 2 N–H and O–H groups in total. The lowest BCUT2D eigenvalue weighted by atomic mass is 10.2. The SMILES string of the molecule is CCCNC(=O)[C@@H](C)NC(=O)c1ccccc1S[C@H](C)C(=O)OC. The second-order valence-electron chi connectivity index (χ2n) is 5.27. The molecule has 0 aliphatic heterocycles. The third-order valence-electron chi connectivity index (χ3n) is 3.26. The summed E-state index contributed by atoms with van der Waals surface area (Å²) in [6.07, 6.45) is 0.831. The quantitative estimate of drug-likeness (QED) is 0.552. The van der Waals surface area contributed by atoms with E-state index in [4.69, 9.17) is 4.74 Å². The number of ether oxygens (including phenoxy) is 1. The fourth-order valence-corrected chi connectivity index (χ4v) is 2.92. The van der Waals surface area contributed by atoms with Crippen LogP contribution in [0.1, 0.15) is 37.6 Å². The van der Waals surface area contributed by atoms with Crippen molar-refractivity contribution in [3.63, 3.8) is 0 Å². The first kappa shape index (κ1) is 20.0. The molecule has 1 aromatic rings. The minimum atomic E-state index is -0.639. The molecule has 0 saturated heterocycles. The normalized spacial score (nSPS) is 12.8. The molecule has 0 radical (unpaired) electrons. The van der Waals surface area contributed by atoms with Crippen LogP contribution in [0.4, 0.5) is 0 Å². The van der Waals surface area contributed by atoms with Gasteiger partial charge in [0.2, 0.25) is 5.91 Å². The van der Waals surface area contributed by atoms with Crippen molar-refractivity contribution in [1.82, 2.24) is 10.6 Å². The lowest BCUT2D eigenvalue weighted by Crippen LogP contribution is -2.45. The Labute approximate surface area is 146 Å². The number of nitrogens with one attached hydrogen (secondary N) is 2. The van der Waals surface area contributed by atoms with Crippen LogP contribution in [0.25, 0.3) is 0 Å². The highest BCUT2D eigenvalue weighted by molar-refractivity contribution is 8.00. The zero-order valence-electron chi connectivity index (χ0n) is 14.4. The zero-order chi connectivity index (χ0) is 18.1. The van der Waals surface area contributed by atoms with E-state index in [1.54, 1.807) is 38.1 Å². The lowest BCUT2D eigenvalue weighted by Gasteiger charge is -2.16. The molecule has 132 valence electrons. The molecule has 0 spiro atoms. The van der Waals surface area contributed by atoms with E-state index in [2.05, 4.69) is 10.6 Å². The summed E-state index contributed by atoms with van der Waals surface area (Å²) in [5.41, 5.74) is 0.424. The van der Waals surface area contributed by atoms with Crippen LogP contribution in [-0.2, 0) is 14.3 Å². The highest BCUT2D eigenvalue weighted by Gasteiger charge is 2.21. The fourth-order valence-electron chi connectivity index (χ4n) is 1.90. The molecule has 0 aliphatic carbocycles. The van der Waals surface area contributed by atoms with E-state index in [-0.39, 0.29) is 17.8 Å². The van der Waals surface area contributed by atoms with Crippen molar-refractivity contribution in [2.24, 2.45) is 0 Å². The van der Waals surface area contributed by atoms with Crippen molar-refractivity contribution in [2.45, 2.75) is 43.4 Å². The van der Waals surface area contributed by atoms with E-state index in [1.807, 2.05) is 6.92 Å². The first-order valence-corrected chi connectivity index (χ1v) is 8.70. The molecule has 0 bridgehead atoms.